The summed E-state index contributed by atoms with van der Waals surface area (Å²) in [4.78, 5) is 28.8. The number of carbonyl (C=O) groups is 1. The molecule has 0 spiro atoms. The predicted octanol–water partition coefficient (Wildman–Crippen LogP) is 1.74. The Kier molecular flexibility index (Phi) is 4.07. The number of hydrogen-bond acceptors (Lipinski definition) is 6. The predicted molar refractivity (Wildman–Crippen MR) is 85.2 cm³/mol. The van der Waals surface area contributed by atoms with E-state index in [0.29, 0.717) is 12.3 Å². The van der Waals surface area contributed by atoms with Gasteiger partial charge in [-0.25, -0.2) is 9.67 Å². The summed E-state index contributed by atoms with van der Waals surface area (Å²) in [5, 5.41) is 7.48. The molecular weight excluding hydrogens is 316 g/mol. The number of amides is 1. The van der Waals surface area contributed by atoms with Crippen LogP contribution in [-0.4, -0.2) is 20.7 Å². The number of aromatic nitrogens is 3. The summed E-state index contributed by atoms with van der Waals surface area (Å²) in [6.45, 7) is 2.22. The molecule has 3 aromatic heterocycles. The molecule has 8 heteroatoms. The Hall–Kier alpha value is -2.74. The van der Waals surface area contributed by atoms with E-state index in [1.807, 2.05) is 13.0 Å². The average molecular weight is 330 g/mol. The fourth-order valence-electron chi connectivity index (χ4n) is 1.97. The van der Waals surface area contributed by atoms with Crippen molar-refractivity contribution >= 4 is 17.2 Å². The molecule has 3 aromatic rings. The molecule has 0 atom stereocenters. The zero-order valence-electron chi connectivity index (χ0n) is 12.6. The number of rotatable bonds is 4. The Labute approximate surface area is 135 Å². The summed E-state index contributed by atoms with van der Waals surface area (Å²) in [5.41, 5.74) is 0.776. The van der Waals surface area contributed by atoms with E-state index in [0.717, 1.165) is 20.3 Å². The standard InChI is InChI=1S/C15H14N4O3S/c1-9-12(23-15(17-9)11-4-3-7-22-11)8-16-14(21)10-5-6-13(20)19(2)18-10/h3-7H,8H2,1-2H3,(H,16,21). The maximum atomic E-state index is 12.1. The van der Waals surface area contributed by atoms with Crippen molar-refractivity contribution in [1.82, 2.24) is 20.1 Å². The van der Waals surface area contributed by atoms with Crippen LogP contribution in [0, 0.1) is 6.92 Å². The molecule has 23 heavy (non-hydrogen) atoms. The Bertz CT molecular complexity index is 896. The smallest absolute Gasteiger partial charge is 0.272 e. The molecule has 0 aliphatic carbocycles. The first kappa shape index (κ1) is 15.2. The molecule has 3 rings (SSSR count). The van der Waals surface area contributed by atoms with Gasteiger partial charge in [0.25, 0.3) is 11.5 Å². The number of nitrogens with one attached hydrogen (secondary N) is 1. The van der Waals surface area contributed by atoms with Crippen molar-refractivity contribution in [3.8, 4) is 10.8 Å². The maximum Gasteiger partial charge on any atom is 0.272 e. The van der Waals surface area contributed by atoms with E-state index in [1.54, 1.807) is 12.3 Å². The topological polar surface area (TPSA) is 90.0 Å². The van der Waals surface area contributed by atoms with Gasteiger partial charge in [-0.15, -0.1) is 11.3 Å². The minimum Gasteiger partial charge on any atom is -0.462 e. The molecule has 0 fully saturated rings. The molecule has 1 N–H and O–H groups in total. The molecule has 0 saturated heterocycles. The first-order chi connectivity index (χ1) is 11.0. The first-order valence-electron chi connectivity index (χ1n) is 6.87. The van der Waals surface area contributed by atoms with E-state index in [9.17, 15) is 9.59 Å². The lowest BCUT2D eigenvalue weighted by Gasteiger charge is -2.04. The normalized spacial score (nSPS) is 10.7. The molecule has 0 aromatic carbocycles. The summed E-state index contributed by atoms with van der Waals surface area (Å²) < 4.78 is 6.45. The van der Waals surface area contributed by atoms with Gasteiger partial charge in [-0.3, -0.25) is 9.59 Å². The van der Waals surface area contributed by atoms with Gasteiger partial charge >= 0.3 is 0 Å². The highest BCUT2D eigenvalue weighted by Gasteiger charge is 2.13. The third-order valence-electron chi connectivity index (χ3n) is 3.23. The van der Waals surface area contributed by atoms with Gasteiger partial charge in [0.1, 0.15) is 5.69 Å². The quantitative estimate of drug-likeness (QED) is 0.787. The molecular formula is C15H14N4O3S. The third kappa shape index (κ3) is 3.21. The minimum absolute atomic E-state index is 0.195. The molecule has 0 unspecified atom stereocenters. The number of thiazole rings is 1. The van der Waals surface area contributed by atoms with Crippen molar-refractivity contribution in [3.05, 3.63) is 57.1 Å². The van der Waals surface area contributed by atoms with Crippen molar-refractivity contribution in [2.24, 2.45) is 7.05 Å². The fourth-order valence-corrected chi connectivity index (χ4v) is 2.94. The summed E-state index contributed by atoms with van der Waals surface area (Å²) >= 11 is 1.46. The molecule has 118 valence electrons. The monoisotopic (exact) mass is 330 g/mol. The lowest BCUT2D eigenvalue weighted by Crippen LogP contribution is -2.28. The van der Waals surface area contributed by atoms with Crippen LogP contribution in [0.3, 0.4) is 0 Å². The second-order valence-corrected chi connectivity index (χ2v) is 5.95. The van der Waals surface area contributed by atoms with Crippen molar-refractivity contribution < 1.29 is 9.21 Å². The van der Waals surface area contributed by atoms with Gasteiger partial charge in [0.05, 0.1) is 18.5 Å². The summed E-state index contributed by atoms with van der Waals surface area (Å²) in [7, 11) is 1.50. The van der Waals surface area contributed by atoms with Crippen molar-refractivity contribution in [3.63, 3.8) is 0 Å². The molecule has 0 bridgehead atoms. The molecule has 3 heterocycles. The van der Waals surface area contributed by atoms with Crippen LogP contribution < -0.4 is 10.9 Å². The zero-order chi connectivity index (χ0) is 16.4. The molecule has 0 radical (unpaired) electrons. The van der Waals surface area contributed by atoms with Crippen LogP contribution in [0.1, 0.15) is 21.1 Å². The molecule has 0 aliphatic rings. The lowest BCUT2D eigenvalue weighted by molar-refractivity contribution is 0.0944. The summed E-state index contributed by atoms with van der Waals surface area (Å²) in [6.07, 6.45) is 1.60. The van der Waals surface area contributed by atoms with Gasteiger partial charge in [0.15, 0.2) is 10.8 Å². The first-order valence-corrected chi connectivity index (χ1v) is 7.69. The average Bonchev–Trinajstić information content (AvgIpc) is 3.17. The lowest BCUT2D eigenvalue weighted by atomic mass is 10.3. The molecule has 0 saturated carbocycles. The van der Waals surface area contributed by atoms with Crippen molar-refractivity contribution in [2.45, 2.75) is 13.5 Å². The third-order valence-corrected chi connectivity index (χ3v) is 4.40. The van der Waals surface area contributed by atoms with Gasteiger partial charge in [0, 0.05) is 18.0 Å². The van der Waals surface area contributed by atoms with Crippen LogP contribution in [-0.2, 0) is 13.6 Å². The number of furan rings is 1. The SMILES string of the molecule is Cc1nc(-c2ccco2)sc1CNC(=O)c1ccc(=O)n(C)n1. The summed E-state index contributed by atoms with van der Waals surface area (Å²) in [5.74, 6) is 0.364. The van der Waals surface area contributed by atoms with Crippen LogP contribution in [0.15, 0.2) is 39.7 Å². The van der Waals surface area contributed by atoms with Crippen molar-refractivity contribution in [1.29, 1.82) is 0 Å². The van der Waals surface area contributed by atoms with E-state index in [-0.39, 0.29) is 17.2 Å². The second kappa shape index (κ2) is 6.17. The van der Waals surface area contributed by atoms with E-state index in [2.05, 4.69) is 15.4 Å². The maximum absolute atomic E-state index is 12.1. The Balaban J connectivity index is 1.72. The Morgan fingerprint density at radius 3 is 2.91 bits per heavy atom. The summed E-state index contributed by atoms with van der Waals surface area (Å²) in [6, 6.07) is 6.37. The fraction of sp³-hybridized carbons (Fsp3) is 0.200. The highest BCUT2D eigenvalue weighted by atomic mass is 32.1. The van der Waals surface area contributed by atoms with Crippen LogP contribution >= 0.6 is 11.3 Å². The number of hydrogen-bond donors (Lipinski definition) is 1. The minimum atomic E-state index is -0.340. The Morgan fingerprint density at radius 2 is 2.22 bits per heavy atom. The Morgan fingerprint density at radius 1 is 1.39 bits per heavy atom. The van der Waals surface area contributed by atoms with E-state index in [4.69, 9.17) is 4.42 Å². The van der Waals surface area contributed by atoms with Gasteiger partial charge < -0.3 is 9.73 Å². The molecule has 0 aliphatic heterocycles. The van der Waals surface area contributed by atoms with Crippen LogP contribution in [0.2, 0.25) is 0 Å². The second-order valence-electron chi connectivity index (χ2n) is 4.87. The van der Waals surface area contributed by atoms with E-state index >= 15 is 0 Å². The number of carbonyl (C=O) groups excluding carboxylic acids is 1. The molecule has 7 nitrogen and oxygen atoms in total. The van der Waals surface area contributed by atoms with Gasteiger partial charge in [-0.1, -0.05) is 0 Å². The van der Waals surface area contributed by atoms with Crippen LogP contribution in [0.25, 0.3) is 10.8 Å². The van der Waals surface area contributed by atoms with E-state index in [1.165, 1.54) is 30.5 Å². The number of aryl methyl sites for hydroxylation is 2. The zero-order valence-corrected chi connectivity index (χ0v) is 13.4. The van der Waals surface area contributed by atoms with Crippen molar-refractivity contribution in [2.75, 3.05) is 0 Å². The van der Waals surface area contributed by atoms with Crippen LogP contribution in [0.5, 0.6) is 0 Å². The van der Waals surface area contributed by atoms with Gasteiger partial charge in [-0.2, -0.15) is 5.10 Å². The number of nitrogens with zero attached hydrogens (tertiary/aromatic N) is 3. The highest BCUT2D eigenvalue weighted by molar-refractivity contribution is 7.15. The van der Waals surface area contributed by atoms with Crippen LogP contribution in [0.4, 0.5) is 0 Å². The molecule has 1 amide bonds. The highest BCUT2D eigenvalue weighted by Crippen LogP contribution is 2.28. The van der Waals surface area contributed by atoms with E-state index < -0.39 is 0 Å². The largest absolute Gasteiger partial charge is 0.462 e. The van der Waals surface area contributed by atoms with Gasteiger partial charge in [0.2, 0.25) is 0 Å². The van der Waals surface area contributed by atoms with Gasteiger partial charge in [-0.05, 0) is 25.1 Å².